The van der Waals surface area contributed by atoms with E-state index in [1.807, 2.05) is 18.2 Å². The van der Waals surface area contributed by atoms with Gasteiger partial charge in [-0.3, -0.25) is 4.79 Å². The second-order valence-corrected chi connectivity index (χ2v) is 7.91. The molecule has 0 radical (unpaired) electrons. The van der Waals surface area contributed by atoms with Crippen molar-refractivity contribution in [2.24, 2.45) is 0 Å². The van der Waals surface area contributed by atoms with Crippen LogP contribution in [-0.4, -0.2) is 55.2 Å². The molecule has 1 heterocycles. The summed E-state index contributed by atoms with van der Waals surface area (Å²) in [6, 6.07) is 14.8. The number of piperazine rings is 1. The molecule has 2 aromatic rings. The van der Waals surface area contributed by atoms with E-state index >= 15 is 0 Å². The van der Waals surface area contributed by atoms with Crippen LogP contribution in [0.25, 0.3) is 0 Å². The first-order valence-corrected chi connectivity index (χ1v) is 10.5. The number of halogens is 2. The molecule has 0 bridgehead atoms. The molecule has 2 aromatic carbocycles. The maximum atomic E-state index is 12.7. The van der Waals surface area contributed by atoms with Crippen LogP contribution in [0.15, 0.2) is 48.5 Å². The Bertz CT molecular complexity index is 886. The smallest absolute Gasteiger partial charge is 0.347 e. The average Bonchev–Trinajstić information content (AvgIpc) is 2.75. The van der Waals surface area contributed by atoms with Gasteiger partial charge in [0.15, 0.2) is 12.2 Å². The van der Waals surface area contributed by atoms with E-state index in [1.54, 1.807) is 30.9 Å². The Hall–Kier alpha value is -2.44. The highest BCUT2D eigenvalue weighted by Crippen LogP contribution is 2.28. The van der Waals surface area contributed by atoms with Crippen molar-refractivity contribution in [2.75, 3.05) is 31.1 Å². The second-order valence-electron chi connectivity index (χ2n) is 7.06. The molecular formula is C22H24Cl2N2O4. The molecule has 3 rings (SSSR count). The molecule has 160 valence electrons. The van der Waals surface area contributed by atoms with Crippen LogP contribution in [0.3, 0.4) is 0 Å². The number of nitrogens with zero attached hydrogens (tertiary/aromatic N) is 2. The summed E-state index contributed by atoms with van der Waals surface area (Å²) in [5, 5.41) is 0.761. The molecule has 2 atom stereocenters. The van der Waals surface area contributed by atoms with E-state index in [9.17, 15) is 9.59 Å². The van der Waals surface area contributed by atoms with Gasteiger partial charge in [0.25, 0.3) is 5.91 Å². The lowest BCUT2D eigenvalue weighted by atomic mass is 10.2. The van der Waals surface area contributed by atoms with Crippen LogP contribution in [0.1, 0.15) is 13.8 Å². The van der Waals surface area contributed by atoms with E-state index in [1.165, 1.54) is 6.07 Å². The lowest BCUT2D eigenvalue weighted by molar-refractivity contribution is -0.164. The van der Waals surface area contributed by atoms with Crippen LogP contribution in [0.5, 0.6) is 5.75 Å². The Morgan fingerprint density at radius 3 is 2.23 bits per heavy atom. The number of carbonyl (C=O) groups excluding carboxylic acids is 2. The maximum absolute atomic E-state index is 12.7. The zero-order valence-corrected chi connectivity index (χ0v) is 18.4. The number of ether oxygens (including phenoxy) is 2. The van der Waals surface area contributed by atoms with Crippen LogP contribution < -0.4 is 9.64 Å². The first-order chi connectivity index (χ1) is 14.3. The fraction of sp³-hybridized carbons (Fsp3) is 0.364. The van der Waals surface area contributed by atoms with Crippen molar-refractivity contribution in [1.29, 1.82) is 0 Å². The van der Waals surface area contributed by atoms with Gasteiger partial charge in [-0.1, -0.05) is 41.4 Å². The zero-order valence-electron chi connectivity index (χ0n) is 16.9. The topological polar surface area (TPSA) is 59.1 Å². The number of benzene rings is 2. The number of hydrogen-bond donors (Lipinski definition) is 0. The summed E-state index contributed by atoms with van der Waals surface area (Å²) >= 11 is 11.9. The SMILES string of the molecule is CC(Oc1ccc(Cl)cc1Cl)C(=O)OC(C)C(=O)N1CCN(c2ccccc2)CC1. The van der Waals surface area contributed by atoms with Gasteiger partial charge in [-0.25, -0.2) is 4.79 Å². The van der Waals surface area contributed by atoms with Crippen molar-refractivity contribution in [3.05, 3.63) is 58.6 Å². The van der Waals surface area contributed by atoms with Gasteiger partial charge < -0.3 is 19.3 Å². The van der Waals surface area contributed by atoms with Crippen molar-refractivity contribution in [2.45, 2.75) is 26.1 Å². The van der Waals surface area contributed by atoms with Crippen molar-refractivity contribution in [3.63, 3.8) is 0 Å². The molecule has 0 aromatic heterocycles. The molecule has 1 fully saturated rings. The zero-order chi connectivity index (χ0) is 21.7. The summed E-state index contributed by atoms with van der Waals surface area (Å²) < 4.78 is 10.9. The highest BCUT2D eigenvalue weighted by atomic mass is 35.5. The normalized spacial score (nSPS) is 16.0. The van der Waals surface area contributed by atoms with Gasteiger partial charge in [-0.2, -0.15) is 0 Å². The molecule has 1 amide bonds. The first-order valence-electron chi connectivity index (χ1n) is 9.76. The molecule has 1 aliphatic heterocycles. The Morgan fingerprint density at radius 1 is 0.933 bits per heavy atom. The third kappa shape index (κ3) is 5.58. The third-order valence-electron chi connectivity index (χ3n) is 4.88. The number of para-hydroxylation sites is 1. The predicted octanol–water partition coefficient (Wildman–Crippen LogP) is 4.04. The van der Waals surface area contributed by atoms with E-state index < -0.39 is 18.2 Å². The van der Waals surface area contributed by atoms with Crippen LogP contribution in [0, 0.1) is 0 Å². The molecular weight excluding hydrogens is 427 g/mol. The molecule has 0 spiro atoms. The third-order valence-corrected chi connectivity index (χ3v) is 5.41. The van der Waals surface area contributed by atoms with E-state index in [0.29, 0.717) is 28.9 Å². The van der Waals surface area contributed by atoms with Gasteiger partial charge in [-0.05, 0) is 44.2 Å². The molecule has 1 aliphatic rings. The fourth-order valence-corrected chi connectivity index (χ4v) is 3.66. The average molecular weight is 451 g/mol. The Morgan fingerprint density at radius 2 is 1.60 bits per heavy atom. The molecule has 0 N–H and O–H groups in total. The minimum atomic E-state index is -0.922. The predicted molar refractivity (Wildman–Crippen MR) is 117 cm³/mol. The van der Waals surface area contributed by atoms with Crippen molar-refractivity contribution in [1.82, 2.24) is 4.90 Å². The highest BCUT2D eigenvalue weighted by Gasteiger charge is 2.29. The number of carbonyl (C=O) groups is 2. The molecule has 1 saturated heterocycles. The molecule has 0 aliphatic carbocycles. The quantitative estimate of drug-likeness (QED) is 0.621. The van der Waals surface area contributed by atoms with Crippen LogP contribution in [0.2, 0.25) is 10.0 Å². The number of anilines is 1. The maximum Gasteiger partial charge on any atom is 0.347 e. The van der Waals surface area contributed by atoms with Gasteiger partial charge in [0.1, 0.15) is 5.75 Å². The van der Waals surface area contributed by atoms with Gasteiger partial charge in [-0.15, -0.1) is 0 Å². The molecule has 0 saturated carbocycles. The summed E-state index contributed by atoms with van der Waals surface area (Å²) in [6.07, 6.45) is -1.82. The second kappa shape index (κ2) is 10.0. The first kappa shape index (κ1) is 22.2. The highest BCUT2D eigenvalue weighted by molar-refractivity contribution is 6.35. The Labute approximate surface area is 186 Å². The van der Waals surface area contributed by atoms with Crippen LogP contribution >= 0.6 is 23.2 Å². The van der Waals surface area contributed by atoms with Crippen LogP contribution in [0.4, 0.5) is 5.69 Å². The van der Waals surface area contributed by atoms with E-state index in [4.69, 9.17) is 32.7 Å². The lowest BCUT2D eigenvalue weighted by Crippen LogP contribution is -2.52. The Balaban J connectivity index is 1.49. The monoisotopic (exact) mass is 450 g/mol. The van der Waals surface area contributed by atoms with Gasteiger partial charge in [0.05, 0.1) is 5.02 Å². The molecule has 6 nitrogen and oxygen atoms in total. The van der Waals surface area contributed by atoms with Crippen molar-refractivity contribution in [3.8, 4) is 5.75 Å². The van der Waals surface area contributed by atoms with E-state index in [-0.39, 0.29) is 5.91 Å². The summed E-state index contributed by atoms with van der Waals surface area (Å²) in [5.74, 6) is -0.529. The van der Waals surface area contributed by atoms with Gasteiger partial charge in [0, 0.05) is 36.9 Å². The fourth-order valence-electron chi connectivity index (χ4n) is 3.21. The number of hydrogen-bond acceptors (Lipinski definition) is 5. The lowest BCUT2D eigenvalue weighted by Gasteiger charge is -2.37. The van der Waals surface area contributed by atoms with E-state index in [2.05, 4.69) is 17.0 Å². The number of esters is 1. The van der Waals surface area contributed by atoms with Crippen molar-refractivity contribution < 1.29 is 19.1 Å². The molecule has 8 heteroatoms. The summed E-state index contributed by atoms with van der Waals surface area (Å²) in [7, 11) is 0. The summed E-state index contributed by atoms with van der Waals surface area (Å²) in [6.45, 7) is 5.72. The minimum absolute atomic E-state index is 0.215. The summed E-state index contributed by atoms with van der Waals surface area (Å²) in [4.78, 5) is 29.0. The van der Waals surface area contributed by atoms with E-state index in [0.717, 1.165) is 18.8 Å². The number of rotatable bonds is 6. The van der Waals surface area contributed by atoms with Gasteiger partial charge >= 0.3 is 5.97 Å². The summed E-state index contributed by atoms with van der Waals surface area (Å²) in [5.41, 5.74) is 1.14. The van der Waals surface area contributed by atoms with Crippen LogP contribution in [-0.2, 0) is 14.3 Å². The molecule has 30 heavy (non-hydrogen) atoms. The largest absolute Gasteiger partial charge is 0.477 e. The standard InChI is InChI=1S/C22H24Cl2N2O4/c1-15(30-22(28)16(2)29-20-9-8-17(23)14-19(20)24)21(27)26-12-10-25(11-13-26)18-6-4-3-5-7-18/h3-9,14-16H,10-13H2,1-2H3. The minimum Gasteiger partial charge on any atom is -0.477 e. The van der Waals surface area contributed by atoms with Gasteiger partial charge in [0.2, 0.25) is 0 Å². The Kier molecular flexibility index (Phi) is 7.45. The van der Waals surface area contributed by atoms with Crippen molar-refractivity contribution >= 4 is 40.8 Å². The number of amides is 1. The molecule has 2 unspecified atom stereocenters.